The highest BCUT2D eigenvalue weighted by atomic mass is 32.2. The molecule has 0 aliphatic heterocycles. The Hall–Kier alpha value is -2.99. The quantitative estimate of drug-likeness (QED) is 0.558. The van der Waals surface area contributed by atoms with Gasteiger partial charge in [0.15, 0.2) is 0 Å². The Morgan fingerprint density at radius 3 is 2.36 bits per heavy atom. The molecule has 4 rings (SSSR count). The summed E-state index contributed by atoms with van der Waals surface area (Å²) in [7, 11) is -3.75. The molecule has 0 saturated heterocycles. The van der Waals surface area contributed by atoms with Crippen LogP contribution in [0, 0.1) is 5.82 Å². The third kappa shape index (κ3) is 2.60. The Kier molecular flexibility index (Phi) is 3.62. The maximum absolute atomic E-state index is 13.2. The van der Waals surface area contributed by atoms with E-state index < -0.39 is 10.0 Å². The van der Waals surface area contributed by atoms with E-state index in [0.29, 0.717) is 16.5 Å². The highest BCUT2D eigenvalue weighted by molar-refractivity contribution is 7.90. The second-order valence-corrected chi connectivity index (χ2v) is 7.37. The third-order valence-corrected chi connectivity index (χ3v) is 5.72. The summed E-state index contributed by atoms with van der Waals surface area (Å²) < 4.78 is 40.5. The predicted octanol–water partition coefficient (Wildman–Crippen LogP) is 4.08. The van der Waals surface area contributed by atoms with Gasteiger partial charge >= 0.3 is 0 Å². The second-order valence-electron chi connectivity index (χ2n) is 5.56. The van der Waals surface area contributed by atoms with E-state index in [-0.39, 0.29) is 10.7 Å². The summed E-state index contributed by atoms with van der Waals surface area (Å²) in [5.41, 5.74) is 1.93. The molecule has 0 aliphatic rings. The SMILES string of the molecule is O=S(=O)(c1ccccc1)n1cc(-c2ccc(F)cc2)c2cnccc21. The molecule has 0 N–H and O–H groups in total. The van der Waals surface area contributed by atoms with Crippen LogP contribution in [0.15, 0.2) is 84.1 Å². The number of aromatic nitrogens is 2. The van der Waals surface area contributed by atoms with E-state index in [9.17, 15) is 12.8 Å². The summed E-state index contributed by atoms with van der Waals surface area (Å²) in [6, 6.07) is 15.8. The number of halogens is 1. The number of fused-ring (bicyclic) bond motifs is 1. The molecule has 0 spiro atoms. The van der Waals surface area contributed by atoms with Crippen LogP contribution in [-0.2, 0) is 10.0 Å². The molecule has 25 heavy (non-hydrogen) atoms. The zero-order valence-electron chi connectivity index (χ0n) is 13.0. The van der Waals surface area contributed by atoms with Gasteiger partial charge in [0.2, 0.25) is 0 Å². The van der Waals surface area contributed by atoms with Gasteiger partial charge in [-0.1, -0.05) is 30.3 Å². The maximum Gasteiger partial charge on any atom is 0.268 e. The van der Waals surface area contributed by atoms with Gasteiger partial charge in [-0.2, -0.15) is 0 Å². The van der Waals surface area contributed by atoms with Crippen molar-refractivity contribution in [3.8, 4) is 11.1 Å². The van der Waals surface area contributed by atoms with Crippen LogP contribution in [0.4, 0.5) is 4.39 Å². The fourth-order valence-corrected chi connectivity index (χ4v) is 4.20. The van der Waals surface area contributed by atoms with Crippen molar-refractivity contribution in [2.45, 2.75) is 4.90 Å². The van der Waals surface area contributed by atoms with Crippen LogP contribution in [0.25, 0.3) is 22.0 Å². The number of hydrogen-bond donors (Lipinski definition) is 0. The molecule has 6 heteroatoms. The highest BCUT2D eigenvalue weighted by Crippen LogP contribution is 2.32. The molecule has 0 bridgehead atoms. The predicted molar refractivity (Wildman–Crippen MR) is 94.2 cm³/mol. The van der Waals surface area contributed by atoms with Crippen molar-refractivity contribution in [2.75, 3.05) is 0 Å². The Bertz CT molecular complexity index is 1150. The van der Waals surface area contributed by atoms with Gasteiger partial charge in [-0.3, -0.25) is 4.98 Å². The third-order valence-electron chi connectivity index (χ3n) is 4.03. The van der Waals surface area contributed by atoms with Gasteiger partial charge < -0.3 is 0 Å². The summed E-state index contributed by atoms with van der Waals surface area (Å²) in [5, 5.41) is 0.689. The van der Waals surface area contributed by atoms with Gasteiger partial charge in [-0.05, 0) is 35.9 Å². The molecule has 124 valence electrons. The fourth-order valence-electron chi connectivity index (χ4n) is 2.81. The van der Waals surface area contributed by atoms with Crippen LogP contribution in [0.3, 0.4) is 0 Å². The summed E-state index contributed by atoms with van der Waals surface area (Å²) in [6.07, 6.45) is 4.72. The Morgan fingerprint density at radius 2 is 1.64 bits per heavy atom. The number of pyridine rings is 1. The number of benzene rings is 2. The lowest BCUT2D eigenvalue weighted by molar-refractivity contribution is 0.589. The van der Waals surface area contributed by atoms with Crippen LogP contribution in [0.1, 0.15) is 0 Å². The van der Waals surface area contributed by atoms with Crippen LogP contribution >= 0.6 is 0 Å². The zero-order chi connectivity index (χ0) is 17.4. The molecule has 2 heterocycles. The van der Waals surface area contributed by atoms with Crippen LogP contribution in [0.2, 0.25) is 0 Å². The minimum atomic E-state index is -3.75. The first-order chi connectivity index (χ1) is 12.1. The molecule has 0 saturated carbocycles. The lowest BCUT2D eigenvalue weighted by atomic mass is 10.1. The highest BCUT2D eigenvalue weighted by Gasteiger charge is 2.21. The van der Waals surface area contributed by atoms with Crippen LogP contribution < -0.4 is 0 Å². The van der Waals surface area contributed by atoms with Gasteiger partial charge in [-0.25, -0.2) is 16.8 Å². The molecule has 0 fully saturated rings. The summed E-state index contributed by atoms with van der Waals surface area (Å²) >= 11 is 0. The average Bonchev–Trinajstić information content (AvgIpc) is 3.04. The monoisotopic (exact) mass is 352 g/mol. The van der Waals surface area contributed by atoms with E-state index in [1.54, 1.807) is 67.1 Å². The van der Waals surface area contributed by atoms with E-state index >= 15 is 0 Å². The van der Waals surface area contributed by atoms with Crippen LogP contribution in [-0.4, -0.2) is 17.4 Å². The van der Waals surface area contributed by atoms with E-state index in [1.165, 1.54) is 16.1 Å². The van der Waals surface area contributed by atoms with Gasteiger partial charge in [-0.15, -0.1) is 0 Å². The molecule has 0 unspecified atom stereocenters. The van der Waals surface area contributed by atoms with Gasteiger partial charge in [0.25, 0.3) is 10.0 Å². The maximum atomic E-state index is 13.2. The van der Waals surface area contributed by atoms with E-state index in [4.69, 9.17) is 0 Å². The average molecular weight is 352 g/mol. The van der Waals surface area contributed by atoms with E-state index in [1.807, 2.05) is 0 Å². The molecule has 0 atom stereocenters. The Morgan fingerprint density at radius 1 is 0.920 bits per heavy atom. The van der Waals surface area contributed by atoms with Gasteiger partial charge in [0.1, 0.15) is 5.82 Å². The Balaban J connectivity index is 1.99. The van der Waals surface area contributed by atoms with Crippen molar-refractivity contribution in [3.05, 3.63) is 85.1 Å². The molecular weight excluding hydrogens is 339 g/mol. The first-order valence-corrected chi connectivity index (χ1v) is 9.03. The van der Waals surface area contributed by atoms with Crippen molar-refractivity contribution in [1.29, 1.82) is 0 Å². The molecule has 0 amide bonds. The fraction of sp³-hybridized carbons (Fsp3) is 0. The molecule has 2 aromatic carbocycles. The Labute approximate surface area is 144 Å². The van der Waals surface area contributed by atoms with E-state index in [0.717, 1.165) is 5.56 Å². The normalized spacial score (nSPS) is 11.7. The van der Waals surface area contributed by atoms with Crippen LogP contribution in [0.5, 0.6) is 0 Å². The second kappa shape index (κ2) is 5.82. The van der Waals surface area contributed by atoms with Crippen molar-refractivity contribution < 1.29 is 12.8 Å². The molecule has 0 aliphatic carbocycles. The smallest absolute Gasteiger partial charge is 0.264 e. The standard InChI is InChI=1S/C19H13FN2O2S/c20-15-8-6-14(7-9-15)18-13-22(19-10-11-21-12-17(18)19)25(23,24)16-4-2-1-3-5-16/h1-13H. The largest absolute Gasteiger partial charge is 0.268 e. The topological polar surface area (TPSA) is 52.0 Å². The lowest BCUT2D eigenvalue weighted by Gasteiger charge is -2.06. The number of nitrogens with zero attached hydrogens (tertiary/aromatic N) is 2. The number of rotatable bonds is 3. The van der Waals surface area contributed by atoms with Crippen molar-refractivity contribution in [3.63, 3.8) is 0 Å². The molecule has 4 aromatic rings. The number of hydrogen-bond acceptors (Lipinski definition) is 3. The van der Waals surface area contributed by atoms with Gasteiger partial charge in [0.05, 0.1) is 10.4 Å². The molecule has 2 aromatic heterocycles. The minimum absolute atomic E-state index is 0.203. The lowest BCUT2D eigenvalue weighted by Crippen LogP contribution is -2.11. The summed E-state index contributed by atoms with van der Waals surface area (Å²) in [4.78, 5) is 4.31. The van der Waals surface area contributed by atoms with Gasteiger partial charge in [0, 0.05) is 29.5 Å². The first kappa shape index (κ1) is 15.5. The first-order valence-electron chi connectivity index (χ1n) is 7.59. The minimum Gasteiger partial charge on any atom is -0.264 e. The molecule has 0 radical (unpaired) electrons. The molecular formula is C19H13FN2O2S. The van der Waals surface area contributed by atoms with Crippen molar-refractivity contribution >= 4 is 20.9 Å². The van der Waals surface area contributed by atoms with Crippen molar-refractivity contribution in [1.82, 2.24) is 8.96 Å². The molecule has 4 nitrogen and oxygen atoms in total. The summed E-state index contributed by atoms with van der Waals surface area (Å²) in [6.45, 7) is 0. The summed E-state index contributed by atoms with van der Waals surface area (Å²) in [5.74, 6) is -0.345. The van der Waals surface area contributed by atoms with E-state index in [2.05, 4.69) is 4.98 Å². The van der Waals surface area contributed by atoms with Crippen molar-refractivity contribution in [2.24, 2.45) is 0 Å². The zero-order valence-corrected chi connectivity index (χ0v) is 13.8.